The van der Waals surface area contributed by atoms with Crippen LogP contribution in [0.4, 0.5) is 0 Å². The van der Waals surface area contributed by atoms with Crippen molar-refractivity contribution in [1.29, 1.82) is 0 Å². The topological polar surface area (TPSA) is 93.5 Å². The highest BCUT2D eigenvalue weighted by Gasteiger charge is 2.33. The Morgan fingerprint density at radius 2 is 2.00 bits per heavy atom. The minimum Gasteiger partial charge on any atom is -0.497 e. The molecule has 0 bridgehead atoms. The van der Waals surface area contributed by atoms with E-state index >= 15 is 0 Å². The van der Waals surface area contributed by atoms with Gasteiger partial charge in [0.15, 0.2) is 0 Å². The molecule has 1 aromatic heterocycles. The summed E-state index contributed by atoms with van der Waals surface area (Å²) in [4.78, 5) is 17.5. The zero-order chi connectivity index (χ0) is 21.1. The van der Waals surface area contributed by atoms with Crippen LogP contribution in [-0.4, -0.2) is 48.4 Å². The summed E-state index contributed by atoms with van der Waals surface area (Å²) in [6.45, 7) is 1.98. The van der Waals surface area contributed by atoms with Gasteiger partial charge in [-0.2, -0.15) is 4.31 Å². The molecule has 3 heterocycles. The number of hydrogen-bond acceptors (Lipinski definition) is 5. The SMILES string of the molecule is COc1ccc(S(=O)(=O)N2CCCC(C(=O)NCc3cn4c(n3)CCCC4)C2)cc1. The maximum absolute atomic E-state index is 13.0. The second-order valence-corrected chi connectivity index (χ2v) is 9.83. The van der Waals surface area contributed by atoms with Crippen LogP contribution in [0.15, 0.2) is 35.4 Å². The molecule has 30 heavy (non-hydrogen) atoms. The molecule has 1 atom stereocenters. The molecular weight excluding hydrogens is 404 g/mol. The number of benzene rings is 1. The highest BCUT2D eigenvalue weighted by atomic mass is 32.2. The molecule has 1 fully saturated rings. The number of ether oxygens (including phenoxy) is 1. The fraction of sp³-hybridized carbons (Fsp3) is 0.524. The molecule has 0 spiro atoms. The van der Waals surface area contributed by atoms with Crippen molar-refractivity contribution in [3.05, 3.63) is 42.0 Å². The monoisotopic (exact) mass is 432 g/mol. The van der Waals surface area contributed by atoms with Crippen LogP contribution >= 0.6 is 0 Å². The third-order valence-electron chi connectivity index (χ3n) is 5.85. The molecule has 2 aliphatic heterocycles. The van der Waals surface area contributed by atoms with Crippen molar-refractivity contribution < 1.29 is 17.9 Å². The van der Waals surface area contributed by atoms with Crippen LogP contribution in [0, 0.1) is 5.92 Å². The van der Waals surface area contributed by atoms with E-state index in [0.717, 1.165) is 37.3 Å². The van der Waals surface area contributed by atoms with Crippen LogP contribution in [0.1, 0.15) is 37.2 Å². The van der Waals surface area contributed by atoms with Gasteiger partial charge in [0.1, 0.15) is 11.6 Å². The van der Waals surface area contributed by atoms with E-state index in [1.165, 1.54) is 11.4 Å². The summed E-state index contributed by atoms with van der Waals surface area (Å²) in [6, 6.07) is 6.34. The Bertz CT molecular complexity index is 977. The molecule has 1 unspecified atom stereocenters. The molecule has 2 aliphatic rings. The number of fused-ring (bicyclic) bond motifs is 1. The summed E-state index contributed by atoms with van der Waals surface area (Å²) in [5, 5.41) is 2.95. The van der Waals surface area contributed by atoms with Crippen molar-refractivity contribution in [3.63, 3.8) is 0 Å². The van der Waals surface area contributed by atoms with Crippen molar-refractivity contribution >= 4 is 15.9 Å². The lowest BCUT2D eigenvalue weighted by Crippen LogP contribution is -2.45. The molecule has 9 heteroatoms. The molecule has 162 valence electrons. The summed E-state index contributed by atoms with van der Waals surface area (Å²) < 4.78 is 34.6. The summed E-state index contributed by atoms with van der Waals surface area (Å²) in [7, 11) is -2.10. The Kier molecular flexibility index (Phi) is 6.10. The van der Waals surface area contributed by atoms with Gasteiger partial charge in [0, 0.05) is 32.3 Å². The molecule has 4 rings (SSSR count). The normalized spacial score (nSPS) is 19.8. The first-order chi connectivity index (χ1) is 14.5. The Morgan fingerprint density at radius 3 is 2.73 bits per heavy atom. The predicted octanol–water partition coefficient (Wildman–Crippen LogP) is 1.95. The van der Waals surface area contributed by atoms with Crippen LogP contribution in [0.3, 0.4) is 0 Å². The van der Waals surface area contributed by atoms with Gasteiger partial charge in [-0.05, 0) is 49.9 Å². The Hall–Kier alpha value is -2.39. The molecule has 2 aromatic rings. The van der Waals surface area contributed by atoms with E-state index in [0.29, 0.717) is 31.7 Å². The fourth-order valence-corrected chi connectivity index (χ4v) is 5.67. The average Bonchev–Trinajstić information content (AvgIpc) is 3.20. The first-order valence-corrected chi connectivity index (χ1v) is 11.9. The maximum atomic E-state index is 13.0. The van der Waals surface area contributed by atoms with Crippen LogP contribution in [0.5, 0.6) is 5.75 Å². The summed E-state index contributed by atoms with van der Waals surface area (Å²) >= 11 is 0. The lowest BCUT2D eigenvalue weighted by Gasteiger charge is -2.31. The van der Waals surface area contributed by atoms with Crippen LogP contribution in [0.2, 0.25) is 0 Å². The zero-order valence-corrected chi connectivity index (χ0v) is 18.0. The average molecular weight is 433 g/mol. The minimum atomic E-state index is -3.64. The Labute approximate surface area is 177 Å². The summed E-state index contributed by atoms with van der Waals surface area (Å²) in [5.41, 5.74) is 0.860. The van der Waals surface area contributed by atoms with Gasteiger partial charge < -0.3 is 14.6 Å². The number of rotatable bonds is 6. The number of nitrogens with one attached hydrogen (secondary N) is 1. The Morgan fingerprint density at radius 1 is 1.20 bits per heavy atom. The van der Waals surface area contributed by atoms with E-state index in [4.69, 9.17) is 4.74 Å². The number of hydrogen-bond donors (Lipinski definition) is 1. The number of methoxy groups -OCH3 is 1. The molecule has 0 aliphatic carbocycles. The quantitative estimate of drug-likeness (QED) is 0.753. The third-order valence-corrected chi connectivity index (χ3v) is 7.73. The number of imidazole rings is 1. The second-order valence-electron chi connectivity index (χ2n) is 7.89. The van der Waals surface area contributed by atoms with Gasteiger partial charge >= 0.3 is 0 Å². The maximum Gasteiger partial charge on any atom is 0.243 e. The molecular formula is C21H28N4O4S. The van der Waals surface area contributed by atoms with Gasteiger partial charge in [0.25, 0.3) is 0 Å². The van der Waals surface area contributed by atoms with E-state index < -0.39 is 10.0 Å². The van der Waals surface area contributed by atoms with E-state index in [1.54, 1.807) is 24.3 Å². The van der Waals surface area contributed by atoms with Crippen LogP contribution < -0.4 is 10.1 Å². The first kappa shape index (κ1) is 20.9. The minimum absolute atomic E-state index is 0.115. The number of aryl methyl sites for hydroxylation is 2. The number of aromatic nitrogens is 2. The van der Waals surface area contributed by atoms with Crippen molar-refractivity contribution in [1.82, 2.24) is 19.2 Å². The van der Waals surface area contributed by atoms with E-state index in [9.17, 15) is 13.2 Å². The van der Waals surface area contributed by atoms with Crippen LogP contribution in [0.25, 0.3) is 0 Å². The molecule has 1 aromatic carbocycles. The second kappa shape index (κ2) is 8.77. The lowest BCUT2D eigenvalue weighted by atomic mass is 9.99. The smallest absolute Gasteiger partial charge is 0.243 e. The number of carbonyl (C=O) groups is 1. The van der Waals surface area contributed by atoms with Gasteiger partial charge in [-0.3, -0.25) is 4.79 Å². The highest BCUT2D eigenvalue weighted by Crippen LogP contribution is 2.25. The number of sulfonamides is 1. The Balaban J connectivity index is 1.37. The molecule has 1 saturated heterocycles. The van der Waals surface area contributed by atoms with Crippen molar-refractivity contribution in [2.45, 2.75) is 50.1 Å². The highest BCUT2D eigenvalue weighted by molar-refractivity contribution is 7.89. The molecule has 1 N–H and O–H groups in total. The zero-order valence-electron chi connectivity index (χ0n) is 17.2. The van der Waals surface area contributed by atoms with Gasteiger partial charge in [0.2, 0.25) is 15.9 Å². The van der Waals surface area contributed by atoms with E-state index in [2.05, 4.69) is 14.9 Å². The van der Waals surface area contributed by atoms with Crippen molar-refractivity contribution in [2.24, 2.45) is 5.92 Å². The van der Waals surface area contributed by atoms with Gasteiger partial charge in [-0.15, -0.1) is 0 Å². The fourth-order valence-electron chi connectivity index (χ4n) is 4.15. The van der Waals surface area contributed by atoms with Crippen LogP contribution in [-0.2, 0) is 34.3 Å². The van der Waals surface area contributed by atoms with E-state index in [-0.39, 0.29) is 23.3 Å². The molecule has 8 nitrogen and oxygen atoms in total. The van der Waals surface area contributed by atoms with Gasteiger partial charge in [-0.1, -0.05) is 0 Å². The summed E-state index contributed by atoms with van der Waals surface area (Å²) in [5.74, 6) is 1.21. The number of amides is 1. The lowest BCUT2D eigenvalue weighted by molar-refractivity contribution is -0.126. The largest absolute Gasteiger partial charge is 0.497 e. The number of nitrogens with zero attached hydrogens (tertiary/aromatic N) is 3. The molecule has 0 radical (unpaired) electrons. The first-order valence-electron chi connectivity index (χ1n) is 10.4. The number of piperidine rings is 1. The van der Waals surface area contributed by atoms with Crippen molar-refractivity contribution in [2.75, 3.05) is 20.2 Å². The predicted molar refractivity (Wildman–Crippen MR) is 111 cm³/mol. The number of carbonyl (C=O) groups excluding carboxylic acids is 1. The van der Waals surface area contributed by atoms with E-state index in [1.807, 2.05) is 6.20 Å². The standard InChI is InChI=1S/C21H28N4O4S/c1-29-18-7-9-19(10-8-18)30(27,28)25-12-4-5-16(14-25)21(26)22-13-17-15-24-11-3-2-6-20(24)23-17/h7-10,15-16H,2-6,11-14H2,1H3,(H,22,26). The van der Waals surface area contributed by atoms with Gasteiger partial charge in [-0.25, -0.2) is 13.4 Å². The molecule has 1 amide bonds. The third kappa shape index (κ3) is 4.37. The van der Waals surface area contributed by atoms with Gasteiger partial charge in [0.05, 0.1) is 30.2 Å². The summed E-state index contributed by atoms with van der Waals surface area (Å²) in [6.07, 6.45) is 6.65. The van der Waals surface area contributed by atoms with Crippen molar-refractivity contribution in [3.8, 4) is 5.75 Å². The molecule has 0 saturated carbocycles.